The van der Waals surface area contributed by atoms with Gasteiger partial charge in [-0.1, -0.05) is 29.3 Å². The summed E-state index contributed by atoms with van der Waals surface area (Å²) in [5.74, 6) is 1.88. The van der Waals surface area contributed by atoms with Gasteiger partial charge in [-0.15, -0.1) is 0 Å². The average molecular weight is 505 g/mol. The number of ether oxygens (including phenoxy) is 1. The Balaban J connectivity index is 1.42. The molecule has 1 aliphatic heterocycles. The number of aryl methyl sites for hydroxylation is 1. The van der Waals surface area contributed by atoms with E-state index in [2.05, 4.69) is 15.2 Å². The Morgan fingerprint density at radius 3 is 2.74 bits per heavy atom. The Morgan fingerprint density at radius 2 is 2.06 bits per heavy atom. The van der Waals surface area contributed by atoms with Gasteiger partial charge in [0.15, 0.2) is 11.7 Å². The monoisotopic (exact) mass is 504 g/mol. The quantitative estimate of drug-likeness (QED) is 0.518. The lowest BCUT2D eigenvalue weighted by Crippen LogP contribution is -2.59. The van der Waals surface area contributed by atoms with Crippen LogP contribution in [0.5, 0.6) is 5.75 Å². The highest BCUT2D eigenvalue weighted by atomic mass is 35.5. The number of aromatic nitrogens is 1. The predicted octanol–water partition coefficient (Wildman–Crippen LogP) is 4.36. The van der Waals surface area contributed by atoms with Crippen molar-refractivity contribution >= 4 is 34.9 Å². The minimum atomic E-state index is -0.356. The lowest BCUT2D eigenvalue weighted by atomic mass is 10.1. The zero-order valence-electron chi connectivity index (χ0n) is 18.9. The summed E-state index contributed by atoms with van der Waals surface area (Å²) in [5, 5.41) is 13.8. The Hall–Kier alpha value is -2.94. The van der Waals surface area contributed by atoms with E-state index in [0.717, 1.165) is 16.8 Å². The SMILES string of the molecule is COc1cc(N2CCN(C(=O)NCc3ccc(Cl)c(Cl)c3)C(CO)C2)ccc1-c1cnc(C)o1. The second-order valence-corrected chi connectivity index (χ2v) is 8.83. The molecule has 2 heterocycles. The molecule has 1 aromatic heterocycles. The number of rotatable bonds is 6. The van der Waals surface area contributed by atoms with Gasteiger partial charge in [0.1, 0.15) is 5.75 Å². The molecule has 0 spiro atoms. The summed E-state index contributed by atoms with van der Waals surface area (Å²) in [6.45, 7) is 3.52. The maximum absolute atomic E-state index is 12.8. The van der Waals surface area contributed by atoms with Gasteiger partial charge < -0.3 is 29.4 Å². The lowest BCUT2D eigenvalue weighted by molar-refractivity contribution is 0.124. The number of methoxy groups -OCH3 is 1. The number of nitrogens with one attached hydrogen (secondary N) is 1. The van der Waals surface area contributed by atoms with Crippen molar-refractivity contribution < 1.29 is 19.1 Å². The van der Waals surface area contributed by atoms with Gasteiger partial charge in [0.05, 0.1) is 41.6 Å². The molecule has 2 aromatic carbocycles. The first-order valence-corrected chi connectivity index (χ1v) is 11.6. The lowest BCUT2D eigenvalue weighted by Gasteiger charge is -2.41. The number of benzene rings is 2. The van der Waals surface area contributed by atoms with Gasteiger partial charge in [-0.05, 0) is 29.8 Å². The second kappa shape index (κ2) is 10.5. The van der Waals surface area contributed by atoms with Crippen molar-refractivity contribution in [3.05, 3.63) is 64.1 Å². The zero-order valence-corrected chi connectivity index (χ0v) is 20.4. The molecule has 0 bridgehead atoms. The third kappa shape index (κ3) is 5.24. The van der Waals surface area contributed by atoms with Crippen LogP contribution in [0.3, 0.4) is 0 Å². The molecule has 8 nitrogen and oxygen atoms in total. The van der Waals surface area contributed by atoms with Crippen LogP contribution in [0.25, 0.3) is 11.3 Å². The molecule has 1 saturated heterocycles. The highest BCUT2D eigenvalue weighted by molar-refractivity contribution is 6.42. The van der Waals surface area contributed by atoms with Crippen molar-refractivity contribution in [3.8, 4) is 17.1 Å². The number of amides is 2. The molecule has 2 amide bonds. The molecule has 180 valence electrons. The molecule has 0 saturated carbocycles. The number of nitrogens with zero attached hydrogens (tertiary/aromatic N) is 3. The molecule has 34 heavy (non-hydrogen) atoms. The fourth-order valence-corrected chi connectivity index (χ4v) is 4.33. The molecule has 1 atom stereocenters. The van der Waals surface area contributed by atoms with Gasteiger partial charge in [-0.25, -0.2) is 9.78 Å². The van der Waals surface area contributed by atoms with Crippen LogP contribution >= 0.6 is 23.2 Å². The topological polar surface area (TPSA) is 91.1 Å². The van der Waals surface area contributed by atoms with Crippen LogP contribution in [-0.4, -0.2) is 60.4 Å². The van der Waals surface area contributed by atoms with Crippen LogP contribution in [0, 0.1) is 6.92 Å². The first-order chi connectivity index (χ1) is 16.4. The minimum Gasteiger partial charge on any atom is -0.496 e. The van der Waals surface area contributed by atoms with Gasteiger partial charge >= 0.3 is 6.03 Å². The first-order valence-electron chi connectivity index (χ1n) is 10.8. The van der Waals surface area contributed by atoms with Crippen LogP contribution < -0.4 is 15.0 Å². The van der Waals surface area contributed by atoms with Crippen LogP contribution in [0.4, 0.5) is 10.5 Å². The van der Waals surface area contributed by atoms with Gasteiger partial charge in [-0.2, -0.15) is 0 Å². The molecule has 10 heteroatoms. The van der Waals surface area contributed by atoms with Crippen molar-refractivity contribution in [2.75, 3.05) is 38.3 Å². The van der Waals surface area contributed by atoms with Crippen LogP contribution in [0.15, 0.2) is 47.0 Å². The summed E-state index contributed by atoms with van der Waals surface area (Å²) in [4.78, 5) is 20.8. The molecule has 4 rings (SSSR count). The van der Waals surface area contributed by atoms with E-state index >= 15 is 0 Å². The fraction of sp³-hybridized carbons (Fsp3) is 0.333. The van der Waals surface area contributed by atoms with Gasteiger partial charge in [0.25, 0.3) is 0 Å². The number of hydrogen-bond acceptors (Lipinski definition) is 6. The van der Waals surface area contributed by atoms with E-state index in [4.69, 9.17) is 32.4 Å². The van der Waals surface area contributed by atoms with Crippen molar-refractivity contribution in [3.63, 3.8) is 0 Å². The molecular formula is C24H26Cl2N4O4. The van der Waals surface area contributed by atoms with Gasteiger partial charge in [-0.3, -0.25) is 0 Å². The summed E-state index contributed by atoms with van der Waals surface area (Å²) >= 11 is 12.0. The number of anilines is 1. The normalized spacial score (nSPS) is 16.0. The molecule has 0 radical (unpaired) electrons. The smallest absolute Gasteiger partial charge is 0.318 e. The molecule has 1 fully saturated rings. The Kier molecular flexibility index (Phi) is 7.50. The number of oxazole rings is 1. The van der Waals surface area contributed by atoms with Crippen molar-refractivity contribution in [2.45, 2.75) is 19.5 Å². The zero-order chi connectivity index (χ0) is 24.2. The number of hydrogen-bond donors (Lipinski definition) is 2. The van der Waals surface area contributed by atoms with Crippen LogP contribution in [0.2, 0.25) is 10.0 Å². The molecule has 0 aliphatic carbocycles. The van der Waals surface area contributed by atoms with E-state index < -0.39 is 0 Å². The highest BCUT2D eigenvalue weighted by Gasteiger charge is 2.30. The molecule has 1 aliphatic rings. The number of piperazine rings is 1. The number of aliphatic hydroxyl groups excluding tert-OH is 1. The van der Waals surface area contributed by atoms with Crippen molar-refractivity contribution in [2.24, 2.45) is 0 Å². The third-order valence-corrected chi connectivity index (χ3v) is 6.56. The van der Waals surface area contributed by atoms with Gasteiger partial charge in [0, 0.05) is 44.9 Å². The Labute approximate surface area is 208 Å². The molecular weight excluding hydrogens is 479 g/mol. The number of urea groups is 1. The molecule has 2 N–H and O–H groups in total. The third-order valence-electron chi connectivity index (χ3n) is 5.82. The maximum atomic E-state index is 12.8. The average Bonchev–Trinajstić information content (AvgIpc) is 3.29. The van der Waals surface area contributed by atoms with Crippen LogP contribution in [0.1, 0.15) is 11.5 Å². The molecule has 1 unspecified atom stereocenters. The fourth-order valence-electron chi connectivity index (χ4n) is 4.01. The van der Waals surface area contributed by atoms with Crippen molar-refractivity contribution in [1.82, 2.24) is 15.2 Å². The van der Waals surface area contributed by atoms with E-state index in [9.17, 15) is 9.90 Å². The first kappa shape index (κ1) is 24.2. The second-order valence-electron chi connectivity index (χ2n) is 8.01. The van der Waals surface area contributed by atoms with E-state index in [-0.39, 0.29) is 18.7 Å². The number of halogens is 2. The number of aliphatic hydroxyl groups is 1. The predicted molar refractivity (Wildman–Crippen MR) is 132 cm³/mol. The van der Waals surface area contributed by atoms with Crippen LogP contribution in [-0.2, 0) is 6.54 Å². The summed E-state index contributed by atoms with van der Waals surface area (Å²) in [7, 11) is 1.61. The molecule has 3 aromatic rings. The summed E-state index contributed by atoms with van der Waals surface area (Å²) in [5.41, 5.74) is 2.59. The summed E-state index contributed by atoms with van der Waals surface area (Å²) in [6.07, 6.45) is 1.67. The number of carbonyl (C=O) groups is 1. The number of carbonyl (C=O) groups excluding carboxylic acids is 1. The van der Waals surface area contributed by atoms with Crippen molar-refractivity contribution in [1.29, 1.82) is 0 Å². The van der Waals surface area contributed by atoms with E-state index in [1.807, 2.05) is 24.3 Å². The highest BCUT2D eigenvalue weighted by Crippen LogP contribution is 2.34. The maximum Gasteiger partial charge on any atom is 0.318 e. The largest absolute Gasteiger partial charge is 0.496 e. The summed E-state index contributed by atoms with van der Waals surface area (Å²) < 4.78 is 11.2. The summed E-state index contributed by atoms with van der Waals surface area (Å²) in [6, 6.07) is 10.5. The minimum absolute atomic E-state index is 0.150. The van der Waals surface area contributed by atoms with Gasteiger partial charge in [0.2, 0.25) is 0 Å². The standard InChI is InChI=1S/C24H26Cl2N4O4/c1-15-27-12-23(34-15)19-5-4-17(10-22(19)33-2)29-7-8-30(18(13-29)14-31)24(32)28-11-16-3-6-20(25)21(26)9-16/h3-6,9-10,12,18,31H,7-8,11,13-14H2,1-2H3,(H,28,32). The van der Waals surface area contributed by atoms with E-state index in [1.165, 1.54) is 0 Å². The Morgan fingerprint density at radius 1 is 1.24 bits per heavy atom. The van der Waals surface area contributed by atoms with E-state index in [0.29, 0.717) is 53.6 Å². The van der Waals surface area contributed by atoms with E-state index in [1.54, 1.807) is 37.3 Å². The Bertz CT molecular complexity index is 1170.